The third-order valence-electron chi connectivity index (χ3n) is 5.50. The van der Waals surface area contributed by atoms with Crippen molar-refractivity contribution in [1.29, 1.82) is 0 Å². The first-order valence-electron chi connectivity index (χ1n) is 8.03. The van der Waals surface area contributed by atoms with Crippen molar-refractivity contribution in [2.45, 2.75) is 59.4 Å². The highest BCUT2D eigenvalue weighted by atomic mass is 15.2. The number of hydrogen-bond acceptors (Lipinski definition) is 2. The van der Waals surface area contributed by atoms with Crippen LogP contribution in [0.1, 0.15) is 53.4 Å². The van der Waals surface area contributed by atoms with E-state index >= 15 is 0 Å². The molecule has 1 aliphatic heterocycles. The Labute approximate surface area is 114 Å². The van der Waals surface area contributed by atoms with Gasteiger partial charge in [-0.25, -0.2) is 0 Å². The molecule has 0 aromatic rings. The lowest BCUT2D eigenvalue weighted by Crippen LogP contribution is -2.44. The summed E-state index contributed by atoms with van der Waals surface area (Å²) in [5, 5.41) is 3.76. The SMILES string of the molecule is CCC(C)C1CN(CC2(C(C)C)CC2)CCCN1. The molecule has 0 aromatic heterocycles. The van der Waals surface area contributed by atoms with Crippen LogP contribution < -0.4 is 5.32 Å². The summed E-state index contributed by atoms with van der Waals surface area (Å²) in [7, 11) is 0. The van der Waals surface area contributed by atoms with E-state index in [1.807, 2.05) is 0 Å². The largest absolute Gasteiger partial charge is 0.312 e. The van der Waals surface area contributed by atoms with Gasteiger partial charge in [-0.2, -0.15) is 0 Å². The smallest absolute Gasteiger partial charge is 0.0220 e. The van der Waals surface area contributed by atoms with Gasteiger partial charge in [0.15, 0.2) is 0 Å². The van der Waals surface area contributed by atoms with Crippen LogP contribution in [0.15, 0.2) is 0 Å². The second kappa shape index (κ2) is 5.92. The molecule has 0 radical (unpaired) electrons. The van der Waals surface area contributed by atoms with Crippen LogP contribution in [-0.2, 0) is 0 Å². The molecule has 106 valence electrons. The molecule has 2 nitrogen and oxygen atoms in total. The van der Waals surface area contributed by atoms with Crippen LogP contribution in [-0.4, -0.2) is 37.1 Å². The van der Waals surface area contributed by atoms with Gasteiger partial charge in [0, 0.05) is 19.1 Å². The van der Waals surface area contributed by atoms with Gasteiger partial charge >= 0.3 is 0 Å². The molecule has 1 aliphatic carbocycles. The summed E-state index contributed by atoms with van der Waals surface area (Å²) < 4.78 is 0. The summed E-state index contributed by atoms with van der Waals surface area (Å²) in [5.74, 6) is 1.66. The average molecular weight is 252 g/mol. The normalized spacial score (nSPS) is 30.2. The van der Waals surface area contributed by atoms with Gasteiger partial charge in [-0.1, -0.05) is 34.1 Å². The van der Waals surface area contributed by atoms with Gasteiger partial charge in [0.2, 0.25) is 0 Å². The first kappa shape index (κ1) is 14.3. The minimum atomic E-state index is 0.671. The van der Waals surface area contributed by atoms with Crippen molar-refractivity contribution in [3.63, 3.8) is 0 Å². The van der Waals surface area contributed by atoms with Crippen LogP contribution in [0, 0.1) is 17.3 Å². The molecular weight excluding hydrogens is 220 g/mol. The van der Waals surface area contributed by atoms with Crippen molar-refractivity contribution >= 4 is 0 Å². The topological polar surface area (TPSA) is 15.3 Å². The maximum absolute atomic E-state index is 3.76. The van der Waals surface area contributed by atoms with Gasteiger partial charge in [0.05, 0.1) is 0 Å². The fraction of sp³-hybridized carbons (Fsp3) is 1.00. The van der Waals surface area contributed by atoms with Crippen LogP contribution in [0.25, 0.3) is 0 Å². The quantitative estimate of drug-likeness (QED) is 0.809. The zero-order valence-electron chi connectivity index (χ0n) is 12.8. The van der Waals surface area contributed by atoms with E-state index in [0.717, 1.165) is 11.8 Å². The van der Waals surface area contributed by atoms with E-state index < -0.39 is 0 Å². The molecule has 0 amide bonds. The van der Waals surface area contributed by atoms with Gasteiger partial charge in [-0.05, 0) is 49.6 Å². The molecule has 2 fully saturated rings. The lowest BCUT2D eigenvalue weighted by molar-refractivity contribution is 0.171. The first-order valence-corrected chi connectivity index (χ1v) is 8.03. The second-order valence-corrected chi connectivity index (χ2v) is 7.05. The molecule has 1 saturated carbocycles. The Morgan fingerprint density at radius 2 is 2.00 bits per heavy atom. The molecule has 18 heavy (non-hydrogen) atoms. The highest BCUT2D eigenvalue weighted by molar-refractivity contribution is 4.98. The second-order valence-electron chi connectivity index (χ2n) is 7.05. The Bertz CT molecular complexity index is 258. The molecule has 0 spiro atoms. The Hall–Kier alpha value is -0.0800. The van der Waals surface area contributed by atoms with E-state index in [1.165, 1.54) is 51.9 Å². The van der Waals surface area contributed by atoms with E-state index in [0.29, 0.717) is 11.5 Å². The molecule has 0 aromatic carbocycles. The van der Waals surface area contributed by atoms with Crippen molar-refractivity contribution in [1.82, 2.24) is 10.2 Å². The van der Waals surface area contributed by atoms with Gasteiger partial charge in [-0.3, -0.25) is 0 Å². The molecule has 2 heteroatoms. The van der Waals surface area contributed by atoms with Crippen molar-refractivity contribution in [2.75, 3.05) is 26.2 Å². The van der Waals surface area contributed by atoms with E-state index in [-0.39, 0.29) is 0 Å². The standard InChI is InChI=1S/C16H32N2/c1-5-14(4)15-11-18(10-6-9-17-15)12-16(7-8-16)13(2)3/h13-15,17H,5-12H2,1-4H3. The Morgan fingerprint density at radius 3 is 2.56 bits per heavy atom. The summed E-state index contributed by atoms with van der Waals surface area (Å²) in [6, 6.07) is 0.709. The maximum atomic E-state index is 3.76. The fourth-order valence-corrected chi connectivity index (χ4v) is 3.36. The fourth-order valence-electron chi connectivity index (χ4n) is 3.36. The minimum absolute atomic E-state index is 0.671. The highest BCUT2D eigenvalue weighted by Gasteiger charge is 2.46. The average Bonchev–Trinajstić information content (AvgIpc) is 3.14. The van der Waals surface area contributed by atoms with E-state index in [9.17, 15) is 0 Å². The third-order valence-corrected chi connectivity index (χ3v) is 5.50. The van der Waals surface area contributed by atoms with Crippen molar-refractivity contribution < 1.29 is 0 Å². The van der Waals surface area contributed by atoms with Gasteiger partial charge in [-0.15, -0.1) is 0 Å². The van der Waals surface area contributed by atoms with Crippen LogP contribution in [0.5, 0.6) is 0 Å². The molecule has 2 unspecified atom stereocenters. The highest BCUT2D eigenvalue weighted by Crippen LogP contribution is 2.52. The zero-order chi connectivity index (χ0) is 13.2. The zero-order valence-corrected chi connectivity index (χ0v) is 12.8. The third kappa shape index (κ3) is 3.27. The van der Waals surface area contributed by atoms with Crippen LogP contribution in [0.2, 0.25) is 0 Å². The minimum Gasteiger partial charge on any atom is -0.312 e. The molecule has 2 atom stereocenters. The summed E-state index contributed by atoms with van der Waals surface area (Å²) in [5.41, 5.74) is 0.671. The number of nitrogens with zero attached hydrogens (tertiary/aromatic N) is 1. The first-order chi connectivity index (χ1) is 8.57. The summed E-state index contributed by atoms with van der Waals surface area (Å²) in [6.07, 6.45) is 5.53. The predicted octanol–water partition coefficient (Wildman–Crippen LogP) is 3.13. The molecule has 2 rings (SSSR count). The number of rotatable bonds is 5. The Balaban J connectivity index is 1.91. The maximum Gasteiger partial charge on any atom is 0.0220 e. The van der Waals surface area contributed by atoms with Crippen LogP contribution in [0.4, 0.5) is 0 Å². The van der Waals surface area contributed by atoms with Crippen LogP contribution in [0.3, 0.4) is 0 Å². The number of hydrogen-bond donors (Lipinski definition) is 1. The predicted molar refractivity (Wildman–Crippen MR) is 78.8 cm³/mol. The molecule has 0 bridgehead atoms. The molecule has 1 N–H and O–H groups in total. The molecule has 1 heterocycles. The molecular formula is C16H32N2. The Kier molecular flexibility index (Phi) is 4.71. The van der Waals surface area contributed by atoms with Crippen molar-refractivity contribution in [3.05, 3.63) is 0 Å². The van der Waals surface area contributed by atoms with E-state index in [1.54, 1.807) is 0 Å². The van der Waals surface area contributed by atoms with Crippen molar-refractivity contribution in [3.8, 4) is 0 Å². The lowest BCUT2D eigenvalue weighted by atomic mass is 9.91. The Morgan fingerprint density at radius 1 is 1.28 bits per heavy atom. The summed E-state index contributed by atoms with van der Waals surface area (Å²) in [6.45, 7) is 14.7. The van der Waals surface area contributed by atoms with Gasteiger partial charge < -0.3 is 10.2 Å². The van der Waals surface area contributed by atoms with Crippen molar-refractivity contribution in [2.24, 2.45) is 17.3 Å². The number of nitrogens with one attached hydrogen (secondary N) is 1. The monoisotopic (exact) mass is 252 g/mol. The summed E-state index contributed by atoms with van der Waals surface area (Å²) >= 11 is 0. The lowest BCUT2D eigenvalue weighted by Gasteiger charge is -2.32. The van der Waals surface area contributed by atoms with Gasteiger partial charge in [0.25, 0.3) is 0 Å². The molecule has 2 aliphatic rings. The van der Waals surface area contributed by atoms with Gasteiger partial charge in [0.1, 0.15) is 0 Å². The van der Waals surface area contributed by atoms with E-state index in [4.69, 9.17) is 0 Å². The summed E-state index contributed by atoms with van der Waals surface area (Å²) in [4.78, 5) is 2.75. The van der Waals surface area contributed by atoms with E-state index in [2.05, 4.69) is 37.9 Å². The molecule has 1 saturated heterocycles. The van der Waals surface area contributed by atoms with Crippen LogP contribution >= 0.6 is 0 Å².